The van der Waals surface area contributed by atoms with Crippen molar-refractivity contribution in [2.24, 2.45) is 0 Å². The van der Waals surface area contributed by atoms with Crippen LogP contribution in [0.2, 0.25) is 0 Å². The summed E-state index contributed by atoms with van der Waals surface area (Å²) in [6.07, 6.45) is 2.60. The number of phosphoric acid groups is 1. The minimum atomic E-state index is -3.68. The highest BCUT2D eigenvalue weighted by Gasteiger charge is 2.28. The Hall–Kier alpha value is -0.940. The minimum absolute atomic E-state index is 0.0780. The molecule has 0 fully saturated rings. The van der Waals surface area contributed by atoms with E-state index in [2.05, 4.69) is 15.9 Å². The Morgan fingerprint density at radius 3 is 2.22 bits per heavy atom. The Balaban J connectivity index is 3.04. The molecule has 0 amide bonds. The summed E-state index contributed by atoms with van der Waals surface area (Å²) < 4.78 is 29.4. The molecular weight excluding hydrogens is 383 g/mol. The monoisotopic (exact) mass is 404 g/mol. The maximum Gasteiger partial charge on any atom is 0.530 e. The van der Waals surface area contributed by atoms with Crippen LogP contribution < -0.4 is 0 Å². The molecule has 1 aromatic carbocycles. The van der Waals surface area contributed by atoms with E-state index in [1.807, 2.05) is 24.3 Å². The van der Waals surface area contributed by atoms with E-state index in [0.29, 0.717) is 18.6 Å². The van der Waals surface area contributed by atoms with Gasteiger partial charge in [-0.25, -0.2) is 4.57 Å². The first-order valence-corrected chi connectivity index (χ1v) is 9.69. The van der Waals surface area contributed by atoms with Gasteiger partial charge in [-0.1, -0.05) is 28.1 Å². The van der Waals surface area contributed by atoms with E-state index in [9.17, 15) is 9.36 Å². The van der Waals surface area contributed by atoms with Crippen LogP contribution in [0.15, 0.2) is 34.8 Å². The number of Topliss-reactive ketones (excluding diaryl/α,β-unsaturated/α-hetero) is 1. The van der Waals surface area contributed by atoms with Gasteiger partial charge in [-0.15, -0.1) is 0 Å². The first kappa shape index (κ1) is 20.1. The number of carbonyl (C=O) groups excluding carboxylic acids is 1. The zero-order chi connectivity index (χ0) is 17.3. The zero-order valence-corrected chi connectivity index (χ0v) is 16.1. The first-order valence-electron chi connectivity index (χ1n) is 7.44. The second-order valence-corrected chi connectivity index (χ2v) is 7.20. The van der Waals surface area contributed by atoms with Crippen LogP contribution in [0.4, 0.5) is 0 Å². The van der Waals surface area contributed by atoms with Gasteiger partial charge in [-0.3, -0.25) is 9.05 Å². The molecule has 0 N–H and O–H groups in total. The van der Waals surface area contributed by atoms with Crippen LogP contribution >= 0.6 is 23.8 Å². The molecule has 0 heterocycles. The summed E-state index contributed by atoms with van der Waals surface area (Å²) in [6, 6.07) is 7.35. The van der Waals surface area contributed by atoms with Gasteiger partial charge < -0.3 is 9.32 Å². The molecule has 128 valence electrons. The number of hydrogen-bond acceptors (Lipinski definition) is 5. The highest BCUT2D eigenvalue weighted by atomic mass is 79.9. The average Bonchev–Trinajstić information content (AvgIpc) is 2.47. The predicted octanol–water partition coefficient (Wildman–Crippen LogP) is 5.36. The van der Waals surface area contributed by atoms with E-state index in [0.717, 1.165) is 10.0 Å². The van der Waals surface area contributed by atoms with Gasteiger partial charge in [0.15, 0.2) is 0 Å². The van der Waals surface area contributed by atoms with Crippen LogP contribution in [0.5, 0.6) is 0 Å². The third kappa shape index (κ3) is 7.44. The molecule has 1 rings (SSSR count). The summed E-state index contributed by atoms with van der Waals surface area (Å²) in [6.45, 7) is 5.37. The third-order valence-corrected chi connectivity index (χ3v) is 4.84. The summed E-state index contributed by atoms with van der Waals surface area (Å²) >= 11 is 3.37. The van der Waals surface area contributed by atoms with Gasteiger partial charge in [-0.2, -0.15) is 0 Å². The standard InChI is InChI=1S/C16H22BrO5P/c1-4-20-23(19,21-5-2)22-16(8-6-7-13(3)18)14-9-11-15(17)12-10-14/h8-12H,4-7H2,1-3H3/b16-8-. The van der Waals surface area contributed by atoms with E-state index in [-0.39, 0.29) is 19.0 Å². The van der Waals surface area contributed by atoms with Gasteiger partial charge >= 0.3 is 7.82 Å². The van der Waals surface area contributed by atoms with E-state index in [1.165, 1.54) is 6.92 Å². The Labute approximate surface area is 145 Å². The van der Waals surface area contributed by atoms with Gasteiger partial charge in [0.1, 0.15) is 11.5 Å². The van der Waals surface area contributed by atoms with Crippen molar-refractivity contribution in [2.75, 3.05) is 13.2 Å². The molecular formula is C16H22BrO5P. The molecule has 0 aromatic heterocycles. The molecule has 5 nitrogen and oxygen atoms in total. The zero-order valence-electron chi connectivity index (χ0n) is 13.6. The molecule has 0 aliphatic carbocycles. The van der Waals surface area contributed by atoms with Crippen LogP contribution in [0.25, 0.3) is 5.76 Å². The van der Waals surface area contributed by atoms with Crippen molar-refractivity contribution in [2.45, 2.75) is 33.6 Å². The Kier molecular flexibility index (Phi) is 8.77. The predicted molar refractivity (Wildman–Crippen MR) is 94.0 cm³/mol. The number of benzene rings is 1. The maximum atomic E-state index is 12.6. The fraction of sp³-hybridized carbons (Fsp3) is 0.438. The van der Waals surface area contributed by atoms with Crippen molar-refractivity contribution in [3.63, 3.8) is 0 Å². The van der Waals surface area contributed by atoms with E-state index >= 15 is 0 Å². The van der Waals surface area contributed by atoms with Crippen molar-refractivity contribution >= 4 is 35.3 Å². The second kappa shape index (κ2) is 10.0. The van der Waals surface area contributed by atoms with Gasteiger partial charge in [0.05, 0.1) is 13.2 Å². The van der Waals surface area contributed by atoms with Crippen molar-refractivity contribution in [3.8, 4) is 0 Å². The Morgan fingerprint density at radius 2 is 1.74 bits per heavy atom. The largest absolute Gasteiger partial charge is 0.530 e. The summed E-state index contributed by atoms with van der Waals surface area (Å²) in [5.41, 5.74) is 0.733. The lowest BCUT2D eigenvalue weighted by atomic mass is 10.1. The fourth-order valence-corrected chi connectivity index (χ4v) is 3.25. The average molecular weight is 405 g/mol. The number of carbonyl (C=O) groups is 1. The summed E-state index contributed by atoms with van der Waals surface area (Å²) in [5, 5.41) is 0. The van der Waals surface area contributed by atoms with Crippen LogP contribution in [0.3, 0.4) is 0 Å². The number of phosphoric ester groups is 1. The quantitative estimate of drug-likeness (QED) is 0.388. The summed E-state index contributed by atoms with van der Waals surface area (Å²) in [7, 11) is -3.68. The number of allylic oxidation sites excluding steroid dienone is 1. The number of rotatable bonds is 10. The van der Waals surface area contributed by atoms with Crippen LogP contribution in [0, 0.1) is 0 Å². The summed E-state index contributed by atoms with van der Waals surface area (Å²) in [5.74, 6) is 0.457. The molecule has 0 radical (unpaired) electrons. The molecule has 1 aromatic rings. The lowest BCUT2D eigenvalue weighted by molar-refractivity contribution is -0.116. The molecule has 7 heteroatoms. The lowest BCUT2D eigenvalue weighted by Crippen LogP contribution is -2.00. The SMILES string of the molecule is CCOP(=O)(OCC)O/C(=C\CCC(C)=O)c1ccc(Br)cc1. The number of halogens is 1. The molecule has 0 bridgehead atoms. The van der Waals surface area contributed by atoms with Gasteiger partial charge in [0, 0.05) is 16.5 Å². The molecule has 0 aliphatic rings. The van der Waals surface area contributed by atoms with Crippen LogP contribution in [-0.2, 0) is 22.9 Å². The molecule has 0 atom stereocenters. The maximum absolute atomic E-state index is 12.6. The van der Waals surface area contributed by atoms with Crippen LogP contribution in [0.1, 0.15) is 39.2 Å². The minimum Gasteiger partial charge on any atom is -0.404 e. The van der Waals surface area contributed by atoms with E-state index in [1.54, 1.807) is 19.9 Å². The topological polar surface area (TPSA) is 61.8 Å². The van der Waals surface area contributed by atoms with Gasteiger partial charge in [-0.05, 0) is 45.4 Å². The smallest absolute Gasteiger partial charge is 0.404 e. The molecule has 23 heavy (non-hydrogen) atoms. The molecule has 0 aliphatic heterocycles. The van der Waals surface area contributed by atoms with Gasteiger partial charge in [0.2, 0.25) is 0 Å². The highest BCUT2D eigenvalue weighted by Crippen LogP contribution is 2.52. The second-order valence-electron chi connectivity index (χ2n) is 4.69. The first-order chi connectivity index (χ1) is 10.9. The van der Waals surface area contributed by atoms with Gasteiger partial charge in [0.25, 0.3) is 0 Å². The van der Waals surface area contributed by atoms with E-state index < -0.39 is 7.82 Å². The Morgan fingerprint density at radius 1 is 1.17 bits per heavy atom. The number of hydrogen-bond donors (Lipinski definition) is 0. The lowest BCUT2D eigenvalue weighted by Gasteiger charge is -2.19. The van der Waals surface area contributed by atoms with Crippen molar-refractivity contribution in [1.82, 2.24) is 0 Å². The van der Waals surface area contributed by atoms with Crippen molar-refractivity contribution in [3.05, 3.63) is 40.4 Å². The highest BCUT2D eigenvalue weighted by molar-refractivity contribution is 9.10. The molecule has 0 spiro atoms. The van der Waals surface area contributed by atoms with Crippen LogP contribution in [-0.4, -0.2) is 19.0 Å². The van der Waals surface area contributed by atoms with Crippen molar-refractivity contribution in [1.29, 1.82) is 0 Å². The van der Waals surface area contributed by atoms with Crippen molar-refractivity contribution < 1.29 is 22.9 Å². The normalized spacial score (nSPS) is 12.3. The third-order valence-electron chi connectivity index (χ3n) is 2.74. The molecule has 0 saturated carbocycles. The van der Waals surface area contributed by atoms with E-state index in [4.69, 9.17) is 13.6 Å². The fourth-order valence-electron chi connectivity index (χ4n) is 1.76. The Bertz CT molecular complexity index is 573. The number of ketones is 1. The summed E-state index contributed by atoms with van der Waals surface area (Å²) in [4.78, 5) is 11.1. The molecule has 0 saturated heterocycles. The molecule has 0 unspecified atom stereocenters.